The number of nitrogens with one attached hydrogen (secondary N) is 1. The molecule has 0 fully saturated rings. The van der Waals surface area contributed by atoms with Gasteiger partial charge >= 0.3 is 5.69 Å². The average Bonchev–Trinajstić information content (AvgIpc) is 2.92. The molecule has 0 unspecified atom stereocenters. The highest BCUT2D eigenvalue weighted by Gasteiger charge is 2.09. The van der Waals surface area contributed by atoms with Gasteiger partial charge in [0.25, 0.3) is 5.56 Å². The van der Waals surface area contributed by atoms with Gasteiger partial charge in [-0.15, -0.1) is 11.3 Å². The second-order valence-electron chi connectivity index (χ2n) is 4.53. The van der Waals surface area contributed by atoms with Gasteiger partial charge in [0.05, 0.1) is 0 Å². The molecule has 0 aromatic carbocycles. The van der Waals surface area contributed by atoms with E-state index in [1.165, 1.54) is 16.5 Å². The Balaban J connectivity index is 2.17. The van der Waals surface area contributed by atoms with Crippen molar-refractivity contribution in [2.75, 3.05) is 0 Å². The van der Waals surface area contributed by atoms with Crippen LogP contribution in [0, 0.1) is 0 Å². The monoisotopic (exact) mass is 279 g/mol. The van der Waals surface area contributed by atoms with E-state index in [1.54, 1.807) is 24.6 Å². The molecule has 0 aliphatic rings. The highest BCUT2D eigenvalue weighted by Crippen LogP contribution is 2.18. The fourth-order valence-corrected chi connectivity index (χ4v) is 2.66. The third-order valence-corrected chi connectivity index (χ3v) is 4.14. The number of hydrogen-bond donors (Lipinski definition) is 1. The lowest BCUT2D eigenvalue weighted by molar-refractivity contribution is 0.565. The lowest BCUT2D eigenvalue weighted by Gasteiger charge is -2.13. The fourth-order valence-electron chi connectivity index (χ4n) is 1.91. The first-order valence-electron chi connectivity index (χ1n) is 6.03. The van der Waals surface area contributed by atoms with E-state index in [1.807, 2.05) is 11.4 Å². The van der Waals surface area contributed by atoms with Gasteiger partial charge in [0.1, 0.15) is 0 Å². The molecule has 5 nitrogen and oxygen atoms in total. The van der Waals surface area contributed by atoms with Crippen LogP contribution >= 0.6 is 11.3 Å². The predicted octanol–water partition coefficient (Wildman–Crippen LogP) is 0.996. The van der Waals surface area contributed by atoms with Crippen LogP contribution in [0.1, 0.15) is 23.4 Å². The summed E-state index contributed by atoms with van der Waals surface area (Å²) in [5, 5.41) is 5.32. The SMILES string of the molecule is C[C@@H](NCc1cn(C)c(=O)n(C)c1=O)c1cccs1. The first-order chi connectivity index (χ1) is 9.00. The zero-order chi connectivity index (χ0) is 14.0. The Kier molecular flexibility index (Phi) is 4.01. The molecule has 0 saturated heterocycles. The lowest BCUT2D eigenvalue weighted by atomic mass is 10.2. The van der Waals surface area contributed by atoms with Gasteiger partial charge in [-0.05, 0) is 18.4 Å². The smallest absolute Gasteiger partial charge is 0.305 e. The minimum atomic E-state index is -0.306. The van der Waals surface area contributed by atoms with Gasteiger partial charge in [0.2, 0.25) is 0 Å². The predicted molar refractivity (Wildman–Crippen MR) is 76.5 cm³/mol. The summed E-state index contributed by atoms with van der Waals surface area (Å²) in [4.78, 5) is 24.8. The standard InChI is InChI=1S/C13H17N3O2S/c1-9(11-5-4-6-19-11)14-7-10-8-15(2)13(18)16(3)12(10)17/h4-6,8-9,14H,7H2,1-3H3/t9-/m1/s1. The summed E-state index contributed by atoms with van der Waals surface area (Å²) in [6, 6.07) is 4.24. The quantitative estimate of drug-likeness (QED) is 0.908. The van der Waals surface area contributed by atoms with Crippen molar-refractivity contribution in [2.45, 2.75) is 19.5 Å². The third kappa shape index (κ3) is 2.85. The van der Waals surface area contributed by atoms with Crippen molar-refractivity contribution in [3.8, 4) is 0 Å². The minimum Gasteiger partial charge on any atom is -0.305 e. The summed E-state index contributed by atoms with van der Waals surface area (Å²) in [5.74, 6) is 0. The van der Waals surface area contributed by atoms with E-state index in [-0.39, 0.29) is 17.3 Å². The van der Waals surface area contributed by atoms with Crippen LogP contribution in [0.15, 0.2) is 33.3 Å². The largest absolute Gasteiger partial charge is 0.330 e. The van der Waals surface area contributed by atoms with E-state index in [2.05, 4.69) is 18.3 Å². The Morgan fingerprint density at radius 1 is 1.37 bits per heavy atom. The molecule has 6 heteroatoms. The van der Waals surface area contributed by atoms with Crippen molar-refractivity contribution in [1.29, 1.82) is 0 Å². The summed E-state index contributed by atoms with van der Waals surface area (Å²) in [6.45, 7) is 2.50. The maximum atomic E-state index is 12.0. The lowest BCUT2D eigenvalue weighted by Crippen LogP contribution is -2.39. The maximum absolute atomic E-state index is 12.0. The van der Waals surface area contributed by atoms with Crippen molar-refractivity contribution in [3.63, 3.8) is 0 Å². The van der Waals surface area contributed by atoms with Gasteiger partial charge in [-0.3, -0.25) is 9.36 Å². The molecular formula is C13H17N3O2S. The number of aryl methyl sites for hydroxylation is 1. The first kappa shape index (κ1) is 13.8. The summed E-state index contributed by atoms with van der Waals surface area (Å²) >= 11 is 1.68. The van der Waals surface area contributed by atoms with Crippen molar-refractivity contribution < 1.29 is 0 Å². The van der Waals surface area contributed by atoms with Crippen molar-refractivity contribution in [1.82, 2.24) is 14.5 Å². The molecule has 2 rings (SSSR count). The van der Waals surface area contributed by atoms with Crippen LogP contribution in [0.3, 0.4) is 0 Å². The summed E-state index contributed by atoms with van der Waals surface area (Å²) in [5.41, 5.74) is 0.0436. The molecule has 0 radical (unpaired) electrons. The fraction of sp³-hybridized carbons (Fsp3) is 0.385. The first-order valence-corrected chi connectivity index (χ1v) is 6.91. The molecule has 0 aliphatic carbocycles. The van der Waals surface area contributed by atoms with Crippen LogP contribution in [-0.4, -0.2) is 9.13 Å². The van der Waals surface area contributed by atoms with Crippen molar-refractivity contribution in [3.05, 3.63) is 55.0 Å². The molecule has 2 heterocycles. The van der Waals surface area contributed by atoms with Crippen LogP contribution in [0.5, 0.6) is 0 Å². The van der Waals surface area contributed by atoms with E-state index in [9.17, 15) is 9.59 Å². The summed E-state index contributed by atoms with van der Waals surface area (Å²) < 4.78 is 2.56. The molecule has 19 heavy (non-hydrogen) atoms. The van der Waals surface area contributed by atoms with Gasteiger partial charge < -0.3 is 9.88 Å². The minimum absolute atomic E-state index is 0.182. The van der Waals surface area contributed by atoms with Crippen LogP contribution < -0.4 is 16.6 Å². The Morgan fingerprint density at radius 2 is 2.11 bits per heavy atom. The number of aromatic nitrogens is 2. The Hall–Kier alpha value is -1.66. The van der Waals surface area contributed by atoms with Gasteiger partial charge in [0, 0.05) is 43.3 Å². The molecule has 1 N–H and O–H groups in total. The van der Waals surface area contributed by atoms with Crippen molar-refractivity contribution >= 4 is 11.3 Å². The molecule has 102 valence electrons. The Bertz CT molecular complexity index is 670. The molecule has 0 bridgehead atoms. The van der Waals surface area contributed by atoms with Crippen LogP contribution in [0.25, 0.3) is 0 Å². The van der Waals surface area contributed by atoms with E-state index >= 15 is 0 Å². The third-order valence-electron chi connectivity index (χ3n) is 3.09. The molecule has 2 aromatic heterocycles. The van der Waals surface area contributed by atoms with Gasteiger partial charge in [-0.1, -0.05) is 6.07 Å². The summed E-state index contributed by atoms with van der Waals surface area (Å²) in [7, 11) is 3.14. The molecule has 0 amide bonds. The van der Waals surface area contributed by atoms with Gasteiger partial charge in [-0.25, -0.2) is 4.79 Å². The van der Waals surface area contributed by atoms with E-state index in [0.717, 1.165) is 4.57 Å². The number of thiophene rings is 1. The highest BCUT2D eigenvalue weighted by molar-refractivity contribution is 7.10. The summed E-state index contributed by atoms with van der Waals surface area (Å²) in [6.07, 6.45) is 1.60. The van der Waals surface area contributed by atoms with Crippen LogP contribution in [0.2, 0.25) is 0 Å². The van der Waals surface area contributed by atoms with Crippen LogP contribution in [-0.2, 0) is 20.6 Å². The highest BCUT2D eigenvalue weighted by atomic mass is 32.1. The van der Waals surface area contributed by atoms with Gasteiger partial charge in [0.15, 0.2) is 0 Å². The normalized spacial score (nSPS) is 12.6. The topological polar surface area (TPSA) is 56.0 Å². The Labute approximate surface area is 115 Å². The molecule has 1 atom stereocenters. The second-order valence-corrected chi connectivity index (χ2v) is 5.51. The average molecular weight is 279 g/mol. The zero-order valence-corrected chi connectivity index (χ0v) is 12.0. The zero-order valence-electron chi connectivity index (χ0n) is 11.2. The molecule has 2 aromatic rings. The molecule has 0 saturated carbocycles. The molecule has 0 spiro atoms. The molecular weight excluding hydrogens is 262 g/mol. The second kappa shape index (κ2) is 5.54. The van der Waals surface area contributed by atoms with Gasteiger partial charge in [-0.2, -0.15) is 0 Å². The van der Waals surface area contributed by atoms with Crippen LogP contribution in [0.4, 0.5) is 0 Å². The van der Waals surface area contributed by atoms with E-state index in [4.69, 9.17) is 0 Å². The Morgan fingerprint density at radius 3 is 2.74 bits per heavy atom. The molecule has 0 aliphatic heterocycles. The van der Waals surface area contributed by atoms with E-state index in [0.29, 0.717) is 12.1 Å². The van der Waals surface area contributed by atoms with E-state index < -0.39 is 0 Å². The number of rotatable bonds is 4. The maximum Gasteiger partial charge on any atom is 0.330 e. The number of hydrogen-bond acceptors (Lipinski definition) is 4. The number of nitrogens with zero attached hydrogens (tertiary/aromatic N) is 2. The van der Waals surface area contributed by atoms with Crippen molar-refractivity contribution in [2.24, 2.45) is 14.1 Å².